The van der Waals surface area contributed by atoms with Gasteiger partial charge in [0.1, 0.15) is 5.75 Å². The Hall–Kier alpha value is -1.75. The molecule has 6 heteroatoms. The van der Waals surface area contributed by atoms with Crippen LogP contribution in [0.3, 0.4) is 0 Å². The van der Waals surface area contributed by atoms with Gasteiger partial charge in [0.15, 0.2) is 6.61 Å². The number of amides is 1. The summed E-state index contributed by atoms with van der Waals surface area (Å²) in [5.74, 6) is -1.11. The van der Waals surface area contributed by atoms with Crippen LogP contribution in [0, 0.1) is 0 Å². The maximum atomic E-state index is 11.1. The lowest BCUT2D eigenvalue weighted by atomic mass is 10.2. The third kappa shape index (κ3) is 3.96. The van der Waals surface area contributed by atoms with Crippen molar-refractivity contribution in [2.24, 2.45) is 0 Å². The summed E-state index contributed by atoms with van der Waals surface area (Å²) in [6, 6.07) is 4.20. The van der Waals surface area contributed by atoms with Crippen molar-refractivity contribution in [1.82, 2.24) is 5.32 Å². The van der Waals surface area contributed by atoms with Gasteiger partial charge >= 0.3 is 5.97 Å². The van der Waals surface area contributed by atoms with Crippen LogP contribution in [0.5, 0.6) is 5.75 Å². The average molecular weight is 258 g/mol. The number of likely N-dealkylation sites (N-methyl/N-ethyl adjacent to an activating group) is 1. The Bertz CT molecular complexity index is 433. The second-order valence-electron chi connectivity index (χ2n) is 3.19. The molecule has 5 nitrogen and oxygen atoms in total. The van der Waals surface area contributed by atoms with Crippen molar-refractivity contribution in [2.45, 2.75) is 6.92 Å². The number of hydrogen-bond acceptors (Lipinski definition) is 3. The number of carboxylic acids is 1. The normalized spacial score (nSPS) is 9.76. The van der Waals surface area contributed by atoms with Crippen molar-refractivity contribution in [1.29, 1.82) is 0 Å². The lowest BCUT2D eigenvalue weighted by Gasteiger charge is -2.07. The number of benzene rings is 1. The van der Waals surface area contributed by atoms with Crippen molar-refractivity contribution in [2.75, 3.05) is 13.2 Å². The van der Waals surface area contributed by atoms with Crippen molar-refractivity contribution in [3.05, 3.63) is 28.8 Å². The Kier molecular flexibility index (Phi) is 4.78. The highest BCUT2D eigenvalue weighted by molar-refractivity contribution is 6.33. The molecular formula is C11H12ClNO4. The molecule has 0 heterocycles. The molecule has 0 bridgehead atoms. The van der Waals surface area contributed by atoms with Crippen LogP contribution in [0.4, 0.5) is 0 Å². The number of carbonyl (C=O) groups excluding carboxylic acids is 1. The summed E-state index contributed by atoms with van der Waals surface area (Å²) in [5, 5.41) is 11.5. The maximum Gasteiger partial charge on any atom is 0.337 e. The number of halogens is 1. The van der Waals surface area contributed by atoms with Gasteiger partial charge < -0.3 is 15.2 Å². The zero-order valence-electron chi connectivity index (χ0n) is 9.20. The molecule has 0 atom stereocenters. The molecule has 1 aromatic carbocycles. The molecule has 2 N–H and O–H groups in total. The van der Waals surface area contributed by atoms with Crippen molar-refractivity contribution < 1.29 is 19.4 Å². The van der Waals surface area contributed by atoms with Gasteiger partial charge in [-0.1, -0.05) is 11.6 Å². The molecular weight excluding hydrogens is 246 g/mol. The van der Waals surface area contributed by atoms with Crippen LogP contribution >= 0.6 is 11.6 Å². The van der Waals surface area contributed by atoms with Crippen LogP contribution in [-0.4, -0.2) is 30.1 Å². The summed E-state index contributed by atoms with van der Waals surface area (Å²) in [5.41, 5.74) is -0.0555. The Morgan fingerprint density at radius 3 is 2.76 bits per heavy atom. The summed E-state index contributed by atoms with van der Waals surface area (Å²) in [6.45, 7) is 2.15. The van der Waals surface area contributed by atoms with Crippen LogP contribution in [0.15, 0.2) is 18.2 Å². The third-order valence-corrected chi connectivity index (χ3v) is 2.24. The van der Waals surface area contributed by atoms with Crippen molar-refractivity contribution in [3.63, 3.8) is 0 Å². The first-order chi connectivity index (χ1) is 8.04. The first-order valence-corrected chi connectivity index (χ1v) is 5.34. The molecule has 0 aliphatic carbocycles. The van der Waals surface area contributed by atoms with Gasteiger partial charge in [0, 0.05) is 6.54 Å². The van der Waals surface area contributed by atoms with Gasteiger partial charge in [0.25, 0.3) is 5.91 Å². The van der Waals surface area contributed by atoms with Crippen LogP contribution in [0.25, 0.3) is 0 Å². The van der Waals surface area contributed by atoms with Gasteiger partial charge in [-0.25, -0.2) is 4.79 Å². The molecule has 0 aliphatic heterocycles. The first-order valence-electron chi connectivity index (χ1n) is 4.97. The van der Waals surface area contributed by atoms with E-state index in [0.29, 0.717) is 6.54 Å². The SMILES string of the molecule is CCNC(=O)COc1ccc(Cl)c(C(=O)O)c1. The largest absolute Gasteiger partial charge is 0.484 e. The second-order valence-corrected chi connectivity index (χ2v) is 3.60. The smallest absolute Gasteiger partial charge is 0.337 e. The van der Waals surface area contributed by atoms with Crippen molar-refractivity contribution in [3.8, 4) is 5.75 Å². The zero-order chi connectivity index (χ0) is 12.8. The van der Waals surface area contributed by atoms with Crippen molar-refractivity contribution >= 4 is 23.5 Å². The Morgan fingerprint density at radius 1 is 1.47 bits per heavy atom. The lowest BCUT2D eigenvalue weighted by Crippen LogP contribution is -2.28. The number of aromatic carboxylic acids is 1. The highest BCUT2D eigenvalue weighted by Gasteiger charge is 2.10. The Morgan fingerprint density at radius 2 is 2.18 bits per heavy atom. The Labute approximate surface area is 103 Å². The summed E-state index contributed by atoms with van der Waals surface area (Å²) >= 11 is 5.69. The maximum absolute atomic E-state index is 11.1. The van der Waals surface area contributed by atoms with Gasteiger partial charge in [0.05, 0.1) is 10.6 Å². The molecule has 1 amide bonds. The predicted octanol–water partition coefficient (Wildman–Crippen LogP) is 1.55. The third-order valence-electron chi connectivity index (χ3n) is 1.91. The molecule has 1 aromatic rings. The van der Waals surface area contributed by atoms with Gasteiger partial charge in [-0.15, -0.1) is 0 Å². The van der Waals surface area contributed by atoms with E-state index < -0.39 is 5.97 Å². The molecule has 0 aliphatic rings. The van der Waals surface area contributed by atoms with E-state index in [9.17, 15) is 9.59 Å². The minimum Gasteiger partial charge on any atom is -0.484 e. The molecule has 0 unspecified atom stereocenters. The number of carboxylic acid groups (broad SMARTS) is 1. The van der Waals surface area contributed by atoms with Crippen LogP contribution < -0.4 is 10.1 Å². The van der Waals surface area contributed by atoms with Gasteiger partial charge in [-0.3, -0.25) is 4.79 Å². The number of hydrogen-bond donors (Lipinski definition) is 2. The van der Waals surface area contributed by atoms with E-state index >= 15 is 0 Å². The van der Waals surface area contributed by atoms with Crippen LogP contribution in [-0.2, 0) is 4.79 Å². The fourth-order valence-electron chi connectivity index (χ4n) is 1.16. The van der Waals surface area contributed by atoms with Crippen LogP contribution in [0.2, 0.25) is 5.02 Å². The number of nitrogens with one attached hydrogen (secondary N) is 1. The average Bonchev–Trinajstić information content (AvgIpc) is 2.28. The van der Waals surface area contributed by atoms with E-state index in [1.54, 1.807) is 6.92 Å². The molecule has 17 heavy (non-hydrogen) atoms. The fourth-order valence-corrected chi connectivity index (χ4v) is 1.35. The number of ether oxygens (including phenoxy) is 1. The molecule has 0 saturated heterocycles. The summed E-state index contributed by atoms with van der Waals surface area (Å²) < 4.78 is 5.13. The van der Waals surface area contributed by atoms with Gasteiger partial charge in [0.2, 0.25) is 0 Å². The number of carbonyl (C=O) groups is 2. The summed E-state index contributed by atoms with van der Waals surface area (Å²) in [4.78, 5) is 21.9. The van der Waals surface area contributed by atoms with Gasteiger partial charge in [-0.2, -0.15) is 0 Å². The molecule has 0 aromatic heterocycles. The van der Waals surface area contributed by atoms with E-state index in [2.05, 4.69) is 5.32 Å². The van der Waals surface area contributed by atoms with E-state index in [1.165, 1.54) is 18.2 Å². The first kappa shape index (κ1) is 13.3. The molecule has 0 radical (unpaired) electrons. The minimum atomic E-state index is -1.14. The standard InChI is InChI=1S/C11H12ClNO4/c1-2-13-10(14)6-17-7-3-4-9(12)8(5-7)11(15)16/h3-5H,2,6H2,1H3,(H,13,14)(H,15,16). The number of rotatable bonds is 5. The Balaban J connectivity index is 2.69. The quantitative estimate of drug-likeness (QED) is 0.839. The van der Waals surface area contributed by atoms with E-state index in [0.717, 1.165) is 0 Å². The monoisotopic (exact) mass is 257 g/mol. The highest BCUT2D eigenvalue weighted by atomic mass is 35.5. The van der Waals surface area contributed by atoms with Crippen LogP contribution in [0.1, 0.15) is 17.3 Å². The lowest BCUT2D eigenvalue weighted by molar-refractivity contribution is -0.122. The highest BCUT2D eigenvalue weighted by Crippen LogP contribution is 2.21. The minimum absolute atomic E-state index is 0.0555. The van der Waals surface area contributed by atoms with E-state index in [4.69, 9.17) is 21.4 Å². The summed E-state index contributed by atoms with van der Waals surface area (Å²) in [6.07, 6.45) is 0. The van der Waals surface area contributed by atoms with E-state index in [1.807, 2.05) is 0 Å². The molecule has 0 saturated carbocycles. The predicted molar refractivity (Wildman–Crippen MR) is 62.6 cm³/mol. The zero-order valence-corrected chi connectivity index (χ0v) is 9.95. The molecule has 0 fully saturated rings. The van der Waals surface area contributed by atoms with E-state index in [-0.39, 0.29) is 28.8 Å². The molecule has 0 spiro atoms. The topological polar surface area (TPSA) is 75.6 Å². The summed E-state index contributed by atoms with van der Waals surface area (Å²) in [7, 11) is 0. The fraction of sp³-hybridized carbons (Fsp3) is 0.273. The second kappa shape index (κ2) is 6.10. The molecule has 92 valence electrons. The molecule has 1 rings (SSSR count). The van der Waals surface area contributed by atoms with Gasteiger partial charge in [-0.05, 0) is 25.1 Å².